The molecular formula is C16H17ClO3. The molecule has 1 N–H and O–H groups in total. The minimum atomic E-state index is -0.862. The Morgan fingerprint density at radius 3 is 2.30 bits per heavy atom. The van der Waals surface area contributed by atoms with E-state index in [4.69, 9.17) is 21.1 Å². The summed E-state index contributed by atoms with van der Waals surface area (Å²) in [5.41, 5.74) is 2.36. The first-order chi connectivity index (χ1) is 9.56. The van der Waals surface area contributed by atoms with E-state index in [1.54, 1.807) is 32.4 Å². The molecule has 1 atom stereocenters. The number of benzene rings is 2. The van der Waals surface area contributed by atoms with Crippen LogP contribution in [0.3, 0.4) is 0 Å². The molecule has 0 aliphatic rings. The van der Waals surface area contributed by atoms with Crippen molar-refractivity contribution in [3.63, 3.8) is 0 Å². The number of aryl methyl sites for hydroxylation is 1. The number of aliphatic hydroxyl groups is 1. The lowest BCUT2D eigenvalue weighted by Gasteiger charge is -2.18. The van der Waals surface area contributed by atoms with Crippen LogP contribution in [0.4, 0.5) is 0 Å². The van der Waals surface area contributed by atoms with Crippen LogP contribution in [0, 0.1) is 6.92 Å². The number of hydrogen-bond acceptors (Lipinski definition) is 3. The first-order valence-electron chi connectivity index (χ1n) is 6.23. The van der Waals surface area contributed by atoms with Crippen molar-refractivity contribution in [2.24, 2.45) is 0 Å². The van der Waals surface area contributed by atoms with E-state index in [0.717, 1.165) is 5.56 Å². The second kappa shape index (κ2) is 6.16. The van der Waals surface area contributed by atoms with Gasteiger partial charge in [0.15, 0.2) is 0 Å². The highest BCUT2D eigenvalue weighted by molar-refractivity contribution is 6.30. The molecule has 0 saturated heterocycles. The fraction of sp³-hybridized carbons (Fsp3) is 0.250. The highest BCUT2D eigenvalue weighted by Crippen LogP contribution is 2.36. The average Bonchev–Trinajstić information content (AvgIpc) is 2.46. The molecule has 20 heavy (non-hydrogen) atoms. The molecule has 0 aliphatic heterocycles. The van der Waals surface area contributed by atoms with Gasteiger partial charge in [-0.2, -0.15) is 0 Å². The smallest absolute Gasteiger partial charge is 0.125 e. The van der Waals surface area contributed by atoms with Gasteiger partial charge in [0.05, 0.1) is 14.2 Å². The molecule has 0 aliphatic carbocycles. The summed E-state index contributed by atoms with van der Waals surface area (Å²) in [6.45, 7) is 1.97. The van der Waals surface area contributed by atoms with Gasteiger partial charge in [-0.25, -0.2) is 0 Å². The second-order valence-electron chi connectivity index (χ2n) is 4.53. The summed E-state index contributed by atoms with van der Waals surface area (Å²) in [6.07, 6.45) is -0.862. The molecule has 0 radical (unpaired) electrons. The number of halogens is 1. The minimum Gasteiger partial charge on any atom is -0.496 e. The molecule has 0 bridgehead atoms. The Morgan fingerprint density at radius 1 is 0.950 bits per heavy atom. The molecule has 0 saturated carbocycles. The fourth-order valence-corrected chi connectivity index (χ4v) is 2.31. The van der Waals surface area contributed by atoms with Crippen LogP contribution in [0.15, 0.2) is 36.4 Å². The van der Waals surface area contributed by atoms with Gasteiger partial charge in [0.1, 0.15) is 17.6 Å². The Balaban J connectivity index is 2.51. The Morgan fingerprint density at radius 2 is 1.65 bits per heavy atom. The van der Waals surface area contributed by atoms with Gasteiger partial charge in [-0.05, 0) is 36.8 Å². The predicted octanol–water partition coefficient (Wildman–Crippen LogP) is 3.75. The van der Waals surface area contributed by atoms with Crippen LogP contribution in [0.2, 0.25) is 5.02 Å². The van der Waals surface area contributed by atoms with Crippen LogP contribution in [0.1, 0.15) is 22.8 Å². The van der Waals surface area contributed by atoms with Gasteiger partial charge in [0, 0.05) is 16.1 Å². The highest BCUT2D eigenvalue weighted by atomic mass is 35.5. The summed E-state index contributed by atoms with van der Waals surface area (Å²) in [5, 5.41) is 11.2. The lowest BCUT2D eigenvalue weighted by molar-refractivity contribution is 0.209. The van der Waals surface area contributed by atoms with Crippen LogP contribution < -0.4 is 9.47 Å². The molecule has 4 heteroatoms. The van der Waals surface area contributed by atoms with E-state index in [2.05, 4.69) is 0 Å². The maximum atomic E-state index is 10.6. The van der Waals surface area contributed by atoms with Crippen LogP contribution in [0.5, 0.6) is 11.5 Å². The van der Waals surface area contributed by atoms with Gasteiger partial charge < -0.3 is 14.6 Å². The molecule has 0 heterocycles. The summed E-state index contributed by atoms with van der Waals surface area (Å²) in [5.74, 6) is 1.23. The number of ether oxygens (including phenoxy) is 2. The van der Waals surface area contributed by atoms with E-state index in [-0.39, 0.29) is 0 Å². The highest BCUT2D eigenvalue weighted by Gasteiger charge is 2.19. The summed E-state index contributed by atoms with van der Waals surface area (Å²) in [6, 6.07) is 10.8. The zero-order chi connectivity index (χ0) is 14.7. The summed E-state index contributed by atoms with van der Waals surface area (Å²) >= 11 is 6.01. The molecule has 0 amide bonds. The van der Waals surface area contributed by atoms with Crippen molar-refractivity contribution in [3.8, 4) is 11.5 Å². The number of methoxy groups -OCH3 is 2. The van der Waals surface area contributed by atoms with Crippen molar-refractivity contribution in [2.45, 2.75) is 13.0 Å². The standard InChI is InChI=1S/C16H17ClO3/c1-10-4-6-12(15(8-10)20-3)16(18)13-9-11(17)5-7-14(13)19-2/h4-9,16,18H,1-3H3. The van der Waals surface area contributed by atoms with Gasteiger partial charge >= 0.3 is 0 Å². The van der Waals surface area contributed by atoms with Gasteiger partial charge in [-0.3, -0.25) is 0 Å². The molecule has 0 fully saturated rings. The Hall–Kier alpha value is -1.71. The molecule has 2 rings (SSSR count). The van der Waals surface area contributed by atoms with Crippen molar-refractivity contribution in [2.75, 3.05) is 14.2 Å². The number of rotatable bonds is 4. The van der Waals surface area contributed by atoms with E-state index in [1.165, 1.54) is 0 Å². The van der Waals surface area contributed by atoms with Crippen molar-refractivity contribution in [1.82, 2.24) is 0 Å². The van der Waals surface area contributed by atoms with E-state index in [9.17, 15) is 5.11 Å². The summed E-state index contributed by atoms with van der Waals surface area (Å²) in [4.78, 5) is 0. The molecule has 106 valence electrons. The lowest BCUT2D eigenvalue weighted by atomic mass is 9.98. The first-order valence-corrected chi connectivity index (χ1v) is 6.60. The van der Waals surface area contributed by atoms with Gasteiger partial charge in [0.25, 0.3) is 0 Å². The zero-order valence-corrected chi connectivity index (χ0v) is 12.4. The topological polar surface area (TPSA) is 38.7 Å². The molecule has 0 aromatic heterocycles. The Bertz CT molecular complexity index is 611. The number of aliphatic hydroxyl groups excluding tert-OH is 1. The van der Waals surface area contributed by atoms with E-state index in [0.29, 0.717) is 27.6 Å². The minimum absolute atomic E-state index is 0.547. The molecule has 2 aromatic rings. The van der Waals surface area contributed by atoms with E-state index in [1.807, 2.05) is 25.1 Å². The lowest BCUT2D eigenvalue weighted by Crippen LogP contribution is -2.05. The normalized spacial score (nSPS) is 12.1. The molecule has 3 nitrogen and oxygen atoms in total. The third kappa shape index (κ3) is 2.89. The Labute approximate surface area is 123 Å². The largest absolute Gasteiger partial charge is 0.496 e. The predicted molar refractivity (Wildman–Crippen MR) is 79.8 cm³/mol. The van der Waals surface area contributed by atoms with Crippen LogP contribution in [0.25, 0.3) is 0 Å². The SMILES string of the molecule is COc1cc(C)ccc1C(O)c1cc(Cl)ccc1OC. The molecule has 2 aromatic carbocycles. The molecular weight excluding hydrogens is 276 g/mol. The van der Waals surface area contributed by atoms with E-state index >= 15 is 0 Å². The van der Waals surface area contributed by atoms with Gasteiger partial charge in [0.2, 0.25) is 0 Å². The van der Waals surface area contributed by atoms with Gasteiger partial charge in [-0.1, -0.05) is 23.7 Å². The quantitative estimate of drug-likeness (QED) is 0.933. The second-order valence-corrected chi connectivity index (χ2v) is 4.97. The van der Waals surface area contributed by atoms with Crippen LogP contribution >= 0.6 is 11.6 Å². The average molecular weight is 293 g/mol. The van der Waals surface area contributed by atoms with E-state index < -0.39 is 6.10 Å². The van der Waals surface area contributed by atoms with Crippen molar-refractivity contribution in [1.29, 1.82) is 0 Å². The maximum Gasteiger partial charge on any atom is 0.125 e. The first kappa shape index (κ1) is 14.7. The van der Waals surface area contributed by atoms with Crippen molar-refractivity contribution < 1.29 is 14.6 Å². The van der Waals surface area contributed by atoms with Crippen LogP contribution in [-0.2, 0) is 0 Å². The third-order valence-electron chi connectivity index (χ3n) is 3.17. The summed E-state index contributed by atoms with van der Waals surface area (Å²) < 4.78 is 10.6. The van der Waals surface area contributed by atoms with Crippen LogP contribution in [-0.4, -0.2) is 19.3 Å². The third-order valence-corrected chi connectivity index (χ3v) is 3.40. The fourth-order valence-electron chi connectivity index (χ4n) is 2.13. The van der Waals surface area contributed by atoms with Gasteiger partial charge in [-0.15, -0.1) is 0 Å². The molecule has 0 spiro atoms. The maximum absolute atomic E-state index is 10.6. The monoisotopic (exact) mass is 292 g/mol. The van der Waals surface area contributed by atoms with Crippen molar-refractivity contribution >= 4 is 11.6 Å². The number of hydrogen-bond donors (Lipinski definition) is 1. The molecule has 1 unspecified atom stereocenters. The van der Waals surface area contributed by atoms with Crippen molar-refractivity contribution in [3.05, 3.63) is 58.1 Å². The Kier molecular flexibility index (Phi) is 4.53. The summed E-state index contributed by atoms with van der Waals surface area (Å²) in [7, 11) is 3.14. The zero-order valence-electron chi connectivity index (χ0n) is 11.7.